The molecule has 0 spiro atoms. The van der Waals surface area contributed by atoms with E-state index in [2.05, 4.69) is 5.32 Å². The highest BCUT2D eigenvalue weighted by atomic mass is 16.5. The molecule has 0 fully saturated rings. The summed E-state index contributed by atoms with van der Waals surface area (Å²) in [6.07, 6.45) is 0. The van der Waals surface area contributed by atoms with E-state index in [-0.39, 0.29) is 11.7 Å². The Morgan fingerprint density at radius 3 is 2.30 bits per heavy atom. The summed E-state index contributed by atoms with van der Waals surface area (Å²) in [4.78, 5) is 12.1. The minimum absolute atomic E-state index is 0.0550. The topological polar surface area (TPSA) is 58.6 Å². The highest BCUT2D eigenvalue weighted by molar-refractivity contribution is 6.04. The molecule has 0 aliphatic rings. The molecule has 0 radical (unpaired) electrons. The molecular formula is C16H17NO3. The monoisotopic (exact) mass is 271 g/mol. The lowest BCUT2D eigenvalue weighted by Gasteiger charge is -2.09. The number of phenolic OH excluding ortho intramolecular Hbond substituents is 1. The maximum Gasteiger partial charge on any atom is 0.255 e. The predicted molar refractivity (Wildman–Crippen MR) is 78.5 cm³/mol. The molecular weight excluding hydrogens is 254 g/mol. The average Bonchev–Trinajstić information content (AvgIpc) is 2.37. The number of hydrogen-bond donors (Lipinski definition) is 2. The second-order valence-corrected chi connectivity index (χ2v) is 4.72. The Morgan fingerprint density at radius 2 is 1.75 bits per heavy atom. The van der Waals surface area contributed by atoms with E-state index in [1.54, 1.807) is 12.1 Å². The van der Waals surface area contributed by atoms with Gasteiger partial charge in [0.2, 0.25) is 0 Å². The molecule has 0 saturated heterocycles. The molecule has 2 aromatic carbocycles. The summed E-state index contributed by atoms with van der Waals surface area (Å²) in [5, 5.41) is 12.5. The minimum atomic E-state index is -0.270. The number of hydrogen-bond acceptors (Lipinski definition) is 3. The molecule has 4 heteroatoms. The van der Waals surface area contributed by atoms with Crippen LogP contribution in [-0.4, -0.2) is 18.1 Å². The number of aromatic hydroxyl groups is 1. The molecule has 0 bridgehead atoms. The lowest BCUT2D eigenvalue weighted by molar-refractivity contribution is 0.102. The Kier molecular flexibility index (Phi) is 3.94. The number of anilines is 1. The molecule has 0 heterocycles. The molecule has 0 unspecified atom stereocenters. The Labute approximate surface area is 118 Å². The van der Waals surface area contributed by atoms with Crippen LogP contribution in [0, 0.1) is 13.8 Å². The van der Waals surface area contributed by atoms with Crippen LogP contribution in [-0.2, 0) is 0 Å². The number of benzene rings is 2. The normalized spacial score (nSPS) is 10.2. The molecule has 0 atom stereocenters. The molecule has 2 aromatic rings. The van der Waals surface area contributed by atoms with Gasteiger partial charge in [0, 0.05) is 11.3 Å². The molecule has 0 aliphatic carbocycles. The maximum atomic E-state index is 12.1. The number of carbonyl (C=O) groups excluding carboxylic acids is 1. The summed E-state index contributed by atoms with van der Waals surface area (Å²) in [5.41, 5.74) is 3.28. The average molecular weight is 271 g/mol. The fraction of sp³-hybridized carbons (Fsp3) is 0.188. The fourth-order valence-corrected chi connectivity index (χ4v) is 2.08. The third kappa shape index (κ3) is 3.09. The Hall–Kier alpha value is -2.49. The molecule has 0 saturated carbocycles. The number of aryl methyl sites for hydroxylation is 2. The highest BCUT2D eigenvalue weighted by Crippen LogP contribution is 2.26. The summed E-state index contributed by atoms with van der Waals surface area (Å²) < 4.78 is 4.95. The number of methoxy groups -OCH3 is 1. The van der Waals surface area contributed by atoms with Gasteiger partial charge in [-0.3, -0.25) is 4.79 Å². The first-order valence-corrected chi connectivity index (χ1v) is 6.26. The number of carbonyl (C=O) groups is 1. The van der Waals surface area contributed by atoms with E-state index in [0.717, 1.165) is 16.8 Å². The zero-order valence-electron chi connectivity index (χ0n) is 11.7. The van der Waals surface area contributed by atoms with Crippen LogP contribution in [0.2, 0.25) is 0 Å². The van der Waals surface area contributed by atoms with E-state index >= 15 is 0 Å². The van der Waals surface area contributed by atoms with Crippen LogP contribution in [0.15, 0.2) is 36.4 Å². The number of nitrogens with one attached hydrogen (secondary N) is 1. The van der Waals surface area contributed by atoms with Crippen molar-refractivity contribution in [1.29, 1.82) is 0 Å². The number of amides is 1. The van der Waals surface area contributed by atoms with Crippen molar-refractivity contribution in [2.75, 3.05) is 12.4 Å². The third-order valence-electron chi connectivity index (χ3n) is 2.92. The van der Waals surface area contributed by atoms with Crippen LogP contribution in [0.1, 0.15) is 21.5 Å². The van der Waals surface area contributed by atoms with Gasteiger partial charge in [0.05, 0.1) is 7.11 Å². The second-order valence-electron chi connectivity index (χ2n) is 4.72. The van der Waals surface area contributed by atoms with Crippen LogP contribution in [0.3, 0.4) is 0 Å². The van der Waals surface area contributed by atoms with Gasteiger partial charge in [0.1, 0.15) is 0 Å². The van der Waals surface area contributed by atoms with Gasteiger partial charge < -0.3 is 15.2 Å². The lowest BCUT2D eigenvalue weighted by Crippen LogP contribution is -2.12. The van der Waals surface area contributed by atoms with Crippen LogP contribution in [0.5, 0.6) is 11.5 Å². The zero-order chi connectivity index (χ0) is 14.7. The predicted octanol–water partition coefficient (Wildman–Crippen LogP) is 3.27. The van der Waals surface area contributed by atoms with Gasteiger partial charge in [-0.2, -0.15) is 0 Å². The lowest BCUT2D eigenvalue weighted by atomic mass is 10.1. The Bertz CT molecular complexity index is 630. The van der Waals surface area contributed by atoms with Crippen molar-refractivity contribution in [2.45, 2.75) is 13.8 Å². The van der Waals surface area contributed by atoms with E-state index in [9.17, 15) is 9.90 Å². The van der Waals surface area contributed by atoms with Crippen molar-refractivity contribution < 1.29 is 14.6 Å². The third-order valence-corrected chi connectivity index (χ3v) is 2.92. The highest BCUT2D eigenvalue weighted by Gasteiger charge is 2.10. The van der Waals surface area contributed by atoms with Crippen LogP contribution >= 0.6 is 0 Å². The summed E-state index contributed by atoms with van der Waals surface area (Å²) in [5.74, 6) is 0.0153. The maximum absolute atomic E-state index is 12.1. The van der Waals surface area contributed by atoms with Gasteiger partial charge in [-0.1, -0.05) is 6.07 Å². The van der Waals surface area contributed by atoms with E-state index in [1.165, 1.54) is 13.2 Å². The van der Waals surface area contributed by atoms with Crippen LogP contribution in [0.4, 0.5) is 5.69 Å². The first kappa shape index (κ1) is 13.9. The molecule has 4 nitrogen and oxygen atoms in total. The van der Waals surface area contributed by atoms with Gasteiger partial charge in [-0.15, -0.1) is 0 Å². The van der Waals surface area contributed by atoms with Crippen molar-refractivity contribution >= 4 is 11.6 Å². The molecule has 20 heavy (non-hydrogen) atoms. The van der Waals surface area contributed by atoms with Gasteiger partial charge in [0.25, 0.3) is 5.91 Å². The van der Waals surface area contributed by atoms with Crippen molar-refractivity contribution in [3.63, 3.8) is 0 Å². The SMILES string of the molecule is COc1ccc(C(=O)Nc2cc(C)cc(C)c2)cc1O. The fourth-order valence-electron chi connectivity index (χ4n) is 2.08. The van der Waals surface area contributed by atoms with E-state index < -0.39 is 0 Å². The summed E-state index contributed by atoms with van der Waals surface area (Å²) >= 11 is 0. The van der Waals surface area contributed by atoms with Crippen molar-refractivity contribution in [2.24, 2.45) is 0 Å². The number of rotatable bonds is 3. The molecule has 2 rings (SSSR count). The van der Waals surface area contributed by atoms with Gasteiger partial charge in [-0.25, -0.2) is 0 Å². The zero-order valence-corrected chi connectivity index (χ0v) is 11.7. The van der Waals surface area contributed by atoms with Gasteiger partial charge in [0.15, 0.2) is 11.5 Å². The summed E-state index contributed by atoms with van der Waals surface area (Å²) in [7, 11) is 1.46. The van der Waals surface area contributed by atoms with Crippen LogP contribution in [0.25, 0.3) is 0 Å². The molecule has 2 N–H and O–H groups in total. The van der Waals surface area contributed by atoms with Crippen molar-refractivity contribution in [3.8, 4) is 11.5 Å². The van der Waals surface area contributed by atoms with E-state index in [0.29, 0.717) is 11.3 Å². The number of ether oxygens (including phenoxy) is 1. The van der Waals surface area contributed by atoms with Crippen molar-refractivity contribution in [1.82, 2.24) is 0 Å². The molecule has 0 aliphatic heterocycles. The first-order chi connectivity index (χ1) is 9.49. The Morgan fingerprint density at radius 1 is 1.10 bits per heavy atom. The molecule has 1 amide bonds. The smallest absolute Gasteiger partial charge is 0.255 e. The molecule has 104 valence electrons. The minimum Gasteiger partial charge on any atom is -0.504 e. The van der Waals surface area contributed by atoms with Crippen molar-refractivity contribution in [3.05, 3.63) is 53.1 Å². The second kappa shape index (κ2) is 5.65. The largest absolute Gasteiger partial charge is 0.504 e. The summed E-state index contributed by atoms with van der Waals surface area (Å²) in [6, 6.07) is 10.4. The van der Waals surface area contributed by atoms with E-state index in [4.69, 9.17) is 4.74 Å². The van der Waals surface area contributed by atoms with Crippen LogP contribution < -0.4 is 10.1 Å². The summed E-state index contributed by atoms with van der Waals surface area (Å²) in [6.45, 7) is 3.95. The quantitative estimate of drug-likeness (QED) is 0.900. The Balaban J connectivity index is 2.21. The molecule has 0 aromatic heterocycles. The van der Waals surface area contributed by atoms with E-state index in [1.807, 2.05) is 32.0 Å². The standard InChI is InChI=1S/C16H17NO3/c1-10-6-11(2)8-13(7-10)17-16(19)12-4-5-15(20-3)14(18)9-12/h4-9,18H,1-3H3,(H,17,19). The first-order valence-electron chi connectivity index (χ1n) is 6.26. The van der Waals surface area contributed by atoms with Gasteiger partial charge in [-0.05, 0) is 55.3 Å². The van der Waals surface area contributed by atoms with Gasteiger partial charge >= 0.3 is 0 Å². The number of phenols is 1.